The number of carbonyl (C=O) groups excluding carboxylic acids is 1. The molecule has 0 spiro atoms. The van der Waals surface area contributed by atoms with Gasteiger partial charge in [-0.25, -0.2) is 0 Å². The number of aryl methyl sites for hydroxylation is 1. The van der Waals surface area contributed by atoms with Crippen molar-refractivity contribution in [3.63, 3.8) is 0 Å². The van der Waals surface area contributed by atoms with Crippen molar-refractivity contribution in [3.8, 4) is 29.1 Å². The lowest BCUT2D eigenvalue weighted by molar-refractivity contribution is -0.125. The molecule has 0 heterocycles. The second-order valence-electron chi connectivity index (χ2n) is 6.35. The van der Waals surface area contributed by atoms with Crippen LogP contribution in [0.4, 0.5) is 0 Å². The zero-order chi connectivity index (χ0) is 21.2. The molecule has 0 aliphatic rings. The van der Waals surface area contributed by atoms with Crippen LogP contribution in [0.3, 0.4) is 0 Å². The van der Waals surface area contributed by atoms with Crippen LogP contribution in [-0.4, -0.2) is 38.7 Å². The largest absolute Gasteiger partial charge is 0.497 e. The zero-order valence-electron chi connectivity index (χ0n) is 17.3. The van der Waals surface area contributed by atoms with E-state index in [-0.39, 0.29) is 5.91 Å². The van der Waals surface area contributed by atoms with E-state index in [9.17, 15) is 4.79 Å². The normalized spacial score (nSPS) is 9.97. The van der Waals surface area contributed by atoms with E-state index < -0.39 is 0 Å². The zero-order valence-corrected chi connectivity index (χ0v) is 18.8. The first-order valence-corrected chi connectivity index (χ1v) is 10.1. The number of benzene rings is 2. The Balaban J connectivity index is 2.07. The second-order valence-corrected chi connectivity index (χ2v) is 7.21. The minimum absolute atomic E-state index is 0.172. The first kappa shape index (κ1) is 22.6. The molecule has 0 aliphatic heterocycles. The molecule has 0 aromatic heterocycles. The highest BCUT2D eigenvalue weighted by Crippen LogP contribution is 2.33. The summed E-state index contributed by atoms with van der Waals surface area (Å²) in [7, 11) is 4.86. The third-order valence-corrected chi connectivity index (χ3v) is 5.22. The minimum Gasteiger partial charge on any atom is -0.497 e. The molecule has 0 N–H and O–H groups in total. The van der Waals surface area contributed by atoms with Crippen LogP contribution in [0.5, 0.6) is 17.2 Å². The van der Waals surface area contributed by atoms with Gasteiger partial charge in [-0.05, 0) is 61.1 Å². The molecule has 2 rings (SSSR count). The number of halogens is 1. The Bertz CT molecular complexity index is 884. The van der Waals surface area contributed by atoms with E-state index in [1.54, 1.807) is 33.2 Å². The first-order valence-electron chi connectivity index (χ1n) is 9.27. The number of hydrogen-bond acceptors (Lipinski definition) is 4. The third kappa shape index (κ3) is 6.43. The van der Waals surface area contributed by atoms with Crippen molar-refractivity contribution in [2.75, 3.05) is 27.9 Å². The van der Waals surface area contributed by atoms with Gasteiger partial charge in [-0.3, -0.25) is 4.79 Å². The molecular weight excluding hydrogens is 434 g/mol. The van der Waals surface area contributed by atoms with Crippen LogP contribution in [0.1, 0.15) is 24.5 Å². The Morgan fingerprint density at radius 2 is 1.69 bits per heavy atom. The summed E-state index contributed by atoms with van der Waals surface area (Å²) in [6.07, 6.45) is 1.58. The van der Waals surface area contributed by atoms with Gasteiger partial charge >= 0.3 is 0 Å². The van der Waals surface area contributed by atoms with Gasteiger partial charge in [0, 0.05) is 17.6 Å². The number of rotatable bonds is 9. The maximum Gasteiger partial charge on any atom is 0.298 e. The molecule has 0 atom stereocenters. The average molecular weight is 460 g/mol. The topological polar surface area (TPSA) is 48.0 Å². The molecule has 0 bridgehead atoms. The smallest absolute Gasteiger partial charge is 0.298 e. The lowest BCUT2D eigenvalue weighted by Crippen LogP contribution is -2.30. The standard InChI is InChI=1S/C23H26BrNO4/c1-5-7-23(26)25(16-17-9-11-19(27-2)12-10-17)13-6-8-18-14-21(28-3)22(29-4)15-20(18)24/h9-12,14-15H,6,8,13,16H2,1-4H3. The third-order valence-electron chi connectivity index (χ3n) is 4.48. The van der Waals surface area contributed by atoms with Gasteiger partial charge in [0.15, 0.2) is 11.5 Å². The molecule has 1 amide bonds. The summed E-state index contributed by atoms with van der Waals surface area (Å²) in [5, 5.41) is 0. The fraction of sp³-hybridized carbons (Fsp3) is 0.348. The van der Waals surface area contributed by atoms with Gasteiger partial charge in [0.25, 0.3) is 5.91 Å². The quantitative estimate of drug-likeness (QED) is 0.519. The van der Waals surface area contributed by atoms with Gasteiger partial charge in [-0.15, -0.1) is 0 Å². The van der Waals surface area contributed by atoms with Crippen LogP contribution < -0.4 is 14.2 Å². The van der Waals surface area contributed by atoms with Crippen LogP contribution in [0, 0.1) is 11.8 Å². The summed E-state index contributed by atoms with van der Waals surface area (Å²) >= 11 is 3.59. The van der Waals surface area contributed by atoms with Crippen LogP contribution in [0.15, 0.2) is 40.9 Å². The summed E-state index contributed by atoms with van der Waals surface area (Å²) in [5.74, 6) is 7.33. The van der Waals surface area contributed by atoms with Gasteiger partial charge in [0.2, 0.25) is 0 Å². The van der Waals surface area contributed by atoms with Crippen LogP contribution in [-0.2, 0) is 17.8 Å². The molecule has 0 aliphatic carbocycles. The van der Waals surface area contributed by atoms with E-state index in [0.717, 1.165) is 34.2 Å². The summed E-state index contributed by atoms with van der Waals surface area (Å²) < 4.78 is 16.9. The second kappa shape index (κ2) is 11.4. The molecule has 29 heavy (non-hydrogen) atoms. The fourth-order valence-corrected chi connectivity index (χ4v) is 3.46. The molecule has 0 fully saturated rings. The van der Waals surface area contributed by atoms with Crippen molar-refractivity contribution in [2.24, 2.45) is 0 Å². The molecule has 0 unspecified atom stereocenters. The van der Waals surface area contributed by atoms with E-state index in [1.165, 1.54) is 0 Å². The number of nitrogens with zero attached hydrogens (tertiary/aromatic N) is 1. The maximum absolute atomic E-state index is 12.4. The van der Waals surface area contributed by atoms with Gasteiger partial charge < -0.3 is 19.1 Å². The molecule has 0 radical (unpaired) electrons. The van der Waals surface area contributed by atoms with Crippen LogP contribution in [0.2, 0.25) is 0 Å². The highest BCUT2D eigenvalue weighted by molar-refractivity contribution is 9.10. The number of amides is 1. The van der Waals surface area contributed by atoms with Gasteiger partial charge in [0.05, 0.1) is 21.3 Å². The molecule has 2 aromatic rings. The van der Waals surface area contributed by atoms with Gasteiger partial charge in [0.1, 0.15) is 5.75 Å². The maximum atomic E-state index is 12.4. The molecule has 5 nitrogen and oxygen atoms in total. The number of methoxy groups -OCH3 is 3. The summed E-state index contributed by atoms with van der Waals surface area (Å²) in [5.41, 5.74) is 2.13. The predicted octanol–water partition coefficient (Wildman–Crippen LogP) is 4.46. The van der Waals surface area contributed by atoms with Crippen molar-refractivity contribution in [2.45, 2.75) is 26.3 Å². The molecule has 0 saturated heterocycles. The van der Waals surface area contributed by atoms with E-state index in [2.05, 4.69) is 27.8 Å². The summed E-state index contributed by atoms with van der Waals surface area (Å²) in [6, 6.07) is 11.6. The Morgan fingerprint density at radius 3 is 2.28 bits per heavy atom. The minimum atomic E-state index is -0.172. The molecule has 2 aromatic carbocycles. The highest BCUT2D eigenvalue weighted by Gasteiger charge is 2.14. The molecule has 0 saturated carbocycles. The highest BCUT2D eigenvalue weighted by atomic mass is 79.9. The fourth-order valence-electron chi connectivity index (χ4n) is 2.94. The predicted molar refractivity (Wildman–Crippen MR) is 117 cm³/mol. The number of carbonyl (C=O) groups is 1. The van der Waals surface area contributed by atoms with Crippen LogP contribution >= 0.6 is 15.9 Å². The Kier molecular flexibility index (Phi) is 8.88. The monoisotopic (exact) mass is 459 g/mol. The average Bonchev–Trinajstić information content (AvgIpc) is 2.74. The van der Waals surface area contributed by atoms with E-state index in [4.69, 9.17) is 14.2 Å². The summed E-state index contributed by atoms with van der Waals surface area (Å²) in [6.45, 7) is 2.77. The van der Waals surface area contributed by atoms with E-state index >= 15 is 0 Å². The number of hydrogen-bond donors (Lipinski definition) is 0. The van der Waals surface area contributed by atoms with Gasteiger partial charge in [-0.1, -0.05) is 34.0 Å². The first-order chi connectivity index (χ1) is 14.0. The SMILES string of the molecule is CC#CC(=O)N(CCCc1cc(OC)c(OC)cc1Br)Cc1ccc(OC)cc1. The molecule has 154 valence electrons. The lowest BCUT2D eigenvalue weighted by atomic mass is 10.1. The van der Waals surface area contributed by atoms with Crippen molar-refractivity contribution in [1.29, 1.82) is 0 Å². The summed E-state index contributed by atoms with van der Waals surface area (Å²) in [4.78, 5) is 14.2. The van der Waals surface area contributed by atoms with Crippen molar-refractivity contribution in [3.05, 3.63) is 52.0 Å². The Hall–Kier alpha value is -2.65. The van der Waals surface area contributed by atoms with Crippen molar-refractivity contribution >= 4 is 21.8 Å². The van der Waals surface area contributed by atoms with E-state index in [0.29, 0.717) is 24.6 Å². The van der Waals surface area contributed by atoms with Crippen molar-refractivity contribution in [1.82, 2.24) is 4.90 Å². The lowest BCUT2D eigenvalue weighted by Gasteiger charge is -2.21. The molecular formula is C23H26BrNO4. The Labute approximate surface area is 181 Å². The van der Waals surface area contributed by atoms with E-state index in [1.807, 2.05) is 36.4 Å². The van der Waals surface area contributed by atoms with Crippen LogP contribution in [0.25, 0.3) is 0 Å². The number of ether oxygens (including phenoxy) is 3. The molecule has 6 heteroatoms. The Morgan fingerprint density at radius 1 is 1.03 bits per heavy atom. The van der Waals surface area contributed by atoms with Gasteiger partial charge in [-0.2, -0.15) is 0 Å². The van der Waals surface area contributed by atoms with Crippen molar-refractivity contribution < 1.29 is 19.0 Å².